The number of hydrogen-bond donors (Lipinski definition) is 8. The molecule has 0 saturated heterocycles. The quantitative estimate of drug-likeness (QED) is 0.0279. The second-order valence-electron chi connectivity index (χ2n) is 33.7. The van der Waals surface area contributed by atoms with Gasteiger partial charge in [-0.25, -0.2) is 0 Å². The van der Waals surface area contributed by atoms with E-state index in [4.69, 9.17) is 0 Å². The summed E-state index contributed by atoms with van der Waals surface area (Å²) in [5, 5.41) is 11.0. The zero-order chi connectivity index (χ0) is 89.3. The number of halogens is 8. The Morgan fingerprint density at radius 3 is 1.14 bits per heavy atom. The Morgan fingerprint density at radius 2 is 0.641 bits per heavy atom. The first-order chi connectivity index (χ1) is 58.6. The summed E-state index contributed by atoms with van der Waals surface area (Å²) >= 11 is 19.1. The molecule has 0 saturated carbocycles. The van der Waals surface area contributed by atoms with Crippen LogP contribution in [0.2, 0.25) is 0 Å². The molecule has 8 aromatic heterocycles. The van der Waals surface area contributed by atoms with Crippen molar-refractivity contribution in [1.82, 2.24) is 79.1 Å². The summed E-state index contributed by atoms with van der Waals surface area (Å²) in [6.07, 6.45) is 21.6. The van der Waals surface area contributed by atoms with Crippen LogP contribution in [0.25, 0.3) is 87.2 Å². The average Bonchev–Trinajstić information content (AvgIpc) is 1.66. The van der Waals surface area contributed by atoms with Gasteiger partial charge < -0.3 is 79.1 Å². The molecule has 0 fully saturated rings. The first kappa shape index (κ1) is 125. The van der Waals surface area contributed by atoms with Crippen molar-refractivity contribution in [2.45, 2.75) is 138 Å². The van der Waals surface area contributed by atoms with Crippen LogP contribution < -0.4 is 0 Å². The van der Waals surface area contributed by atoms with Crippen molar-refractivity contribution in [1.29, 1.82) is 0 Å². The van der Waals surface area contributed by atoms with Gasteiger partial charge in [0.1, 0.15) is 0 Å². The number of aryl methyl sites for hydroxylation is 2. The molecule has 131 heavy (non-hydrogen) atoms. The molecule has 16 nitrogen and oxygen atoms in total. The van der Waals surface area contributed by atoms with Crippen LogP contribution in [0.3, 0.4) is 0 Å². The highest BCUT2D eigenvalue weighted by atomic mass is 127. The lowest BCUT2D eigenvalue weighted by molar-refractivity contribution is 0.313. The van der Waals surface area contributed by atoms with Crippen molar-refractivity contribution in [3.63, 3.8) is 0 Å². The summed E-state index contributed by atoms with van der Waals surface area (Å²) in [6.45, 7) is 14.2. The number of fused-ring (bicyclic) bond motifs is 8. The molecule has 0 unspecified atom stereocenters. The normalized spacial score (nSPS) is 11.0. The highest BCUT2D eigenvalue weighted by Gasteiger charge is 2.17. The molecule has 8 heterocycles. The molecule has 24 heteroatoms. The largest absolute Gasteiger partial charge is 0.361 e. The maximum Gasteiger partial charge on any atom is 0.0815 e. The SMILES string of the molecule is C.C.C.C.C.C.C.C.CN(C)CCc1c(I)[nH]c2ccccc12.CN(C)CCc1c[nH]c2cc(I)ccc12.CN(C)CCc1c[nH]c2ccc(I)cc12.CN(C)CCc1c[nH]c2cccc(I)c12.CN(C)CCc1c[nH]c2cccc(I)c12.C[C@H](Cc1c[nH]c2c(I)cccc12)N(C)C.Cc1ccc2[nH]c(I)c(CCN(C)C)c2c1.Cc1ccc2[nH]cc(CCN(C)C)c2c1I. The number of aromatic amines is 8. The standard InChI is InChI=1S/3C13H17IN2.5C12H15IN2.8CH4/c1-9-4-5-11-12(13(9)14)10(8-15-11)6-7-16(2)3;1-9-4-5-12-11(8-9)10(13(14)15-12)6-7-16(2)3;1-9(16(2)3)7-10-8-15-13-11(10)5-4-6-12(13)14;1-15(2)6-5-9-8-14-12-4-3-10(13)7-11(9)12;1-15(2)6-5-9-8-14-12-7-10(13)3-4-11(9)12;2*1-15(2)7-6-9-8-14-11-5-3-4-10(13)12(9)11;1-15(2)8-7-10-9-5-3-4-6-11(9)14-12(10)13;;;;;;;;/h2*4-5,8,15H,6-7H2,1-3H3;4-6,8-9,15H,7H2,1-3H3;2*3-4,7-8,14H,5-6H2,1-2H3;2*3-5,8,14H,6-7H2,1-2H3;3-6,14H,7-8H2,1-2H3;8*1H4/t;;9-;;;;;;;;;;;;;/m..1............./s1. The van der Waals surface area contributed by atoms with Gasteiger partial charge in [0.25, 0.3) is 0 Å². The van der Waals surface area contributed by atoms with Gasteiger partial charge in [0, 0.05) is 192 Å². The molecule has 0 amide bonds. The lowest BCUT2D eigenvalue weighted by atomic mass is 10.1. The summed E-state index contributed by atoms with van der Waals surface area (Å²) in [5.74, 6) is 0. The number of nitrogens with zero attached hydrogens (tertiary/aromatic N) is 8. The maximum atomic E-state index is 3.45. The van der Waals surface area contributed by atoms with Crippen LogP contribution in [0.1, 0.15) is 122 Å². The molecule has 1 atom stereocenters. The number of aromatic nitrogens is 8. The first-order valence-corrected chi connectivity index (χ1v) is 50.5. The molecule has 0 bridgehead atoms. The fourth-order valence-electron chi connectivity index (χ4n) is 14.3. The van der Waals surface area contributed by atoms with Crippen LogP contribution in [0, 0.1) is 42.7 Å². The fraction of sp³-hybridized carbons (Fsp3) is 0.402. The first-order valence-electron chi connectivity index (χ1n) is 41.9. The average molecular weight is 2680 g/mol. The lowest BCUT2D eigenvalue weighted by Gasteiger charge is -2.19. The maximum absolute atomic E-state index is 3.45. The Hall–Kier alpha value is -4.40. The zero-order valence-electron chi connectivity index (χ0n) is 75.1. The lowest BCUT2D eigenvalue weighted by Crippen LogP contribution is -2.26. The molecule has 0 aliphatic rings. The van der Waals surface area contributed by atoms with Gasteiger partial charge in [0.15, 0.2) is 0 Å². The second kappa shape index (κ2) is 61.8. The van der Waals surface area contributed by atoms with Gasteiger partial charge in [-0.1, -0.05) is 126 Å². The van der Waals surface area contributed by atoms with Crippen LogP contribution in [-0.2, 0) is 51.4 Å². The van der Waals surface area contributed by atoms with Crippen LogP contribution in [0.5, 0.6) is 0 Å². The minimum absolute atomic E-state index is 0. The fourth-order valence-corrected chi connectivity index (χ4v) is 20.1. The Balaban J connectivity index is 0.000000742. The molecule has 722 valence electrons. The Morgan fingerprint density at radius 1 is 0.282 bits per heavy atom. The highest BCUT2D eigenvalue weighted by molar-refractivity contribution is 14.1. The van der Waals surface area contributed by atoms with E-state index in [1.54, 1.807) is 0 Å². The molecule has 16 aromatic rings. The van der Waals surface area contributed by atoms with Gasteiger partial charge in [0.05, 0.1) is 12.9 Å². The molecular weight excluding hydrogens is 2520 g/mol. The topological polar surface area (TPSA) is 152 Å². The summed E-state index contributed by atoms with van der Waals surface area (Å²) in [6, 6.07) is 52.4. The van der Waals surface area contributed by atoms with Crippen LogP contribution in [0.15, 0.2) is 183 Å². The van der Waals surface area contributed by atoms with Crippen molar-refractivity contribution in [2.24, 2.45) is 0 Å². The molecule has 8 N–H and O–H groups in total. The Labute approximate surface area is 899 Å². The second-order valence-corrected chi connectivity index (χ2v) is 42.9. The zero-order valence-corrected chi connectivity index (χ0v) is 92.4. The van der Waals surface area contributed by atoms with Gasteiger partial charge in [-0.2, -0.15) is 0 Å². The van der Waals surface area contributed by atoms with E-state index in [0.717, 1.165) is 97.2 Å². The third kappa shape index (κ3) is 37.7. The third-order valence-corrected chi connectivity index (χ3v) is 28.9. The minimum atomic E-state index is 0. The van der Waals surface area contributed by atoms with Gasteiger partial charge in [-0.3, -0.25) is 0 Å². The van der Waals surface area contributed by atoms with E-state index in [9.17, 15) is 0 Å². The van der Waals surface area contributed by atoms with E-state index in [1.807, 2.05) is 0 Å². The van der Waals surface area contributed by atoms with E-state index in [0.29, 0.717) is 6.04 Å². The number of nitrogens with one attached hydrogen (secondary N) is 8. The molecule has 0 aliphatic carbocycles. The van der Waals surface area contributed by atoms with Gasteiger partial charge in [0.2, 0.25) is 0 Å². The van der Waals surface area contributed by atoms with E-state index < -0.39 is 0 Å². The molecule has 0 spiro atoms. The predicted octanol–water partition coefficient (Wildman–Crippen LogP) is 29.1. The predicted molar refractivity (Wildman–Crippen MR) is 654 cm³/mol. The van der Waals surface area contributed by atoms with Crippen molar-refractivity contribution in [3.8, 4) is 0 Å². The van der Waals surface area contributed by atoms with Crippen LogP contribution in [0.4, 0.5) is 0 Å². The smallest absolute Gasteiger partial charge is 0.0815 e. The van der Waals surface area contributed by atoms with Crippen LogP contribution >= 0.6 is 181 Å². The number of hydrogen-bond acceptors (Lipinski definition) is 8. The molecule has 8 aromatic carbocycles. The Kier molecular flexibility index (Phi) is 58.8. The number of likely N-dealkylation sites (N-methyl/N-ethyl adjacent to an activating group) is 8. The van der Waals surface area contributed by atoms with Gasteiger partial charge in [-0.05, 0) is 501 Å². The number of H-pyrrole nitrogens is 8. The van der Waals surface area contributed by atoms with E-state index in [1.165, 1.54) is 172 Å². The summed E-state index contributed by atoms with van der Waals surface area (Å²) < 4.78 is 10.5. The van der Waals surface area contributed by atoms with E-state index in [2.05, 4.69) is 576 Å². The molecular formula is C107H158I8N16. The summed E-state index contributed by atoms with van der Waals surface area (Å²) in [4.78, 5) is 44.7. The van der Waals surface area contributed by atoms with Crippen molar-refractivity contribution in [3.05, 3.63) is 267 Å². The number of rotatable bonds is 24. The number of para-hydroxylation sites is 2. The number of benzene rings is 8. The minimum Gasteiger partial charge on any atom is -0.361 e. The van der Waals surface area contributed by atoms with Crippen LogP contribution in [-0.4, -0.2) is 244 Å². The Bertz CT molecular complexity index is 5860. The van der Waals surface area contributed by atoms with Crippen molar-refractivity contribution >= 4 is 268 Å². The third-order valence-electron chi connectivity index (χ3n) is 21.7. The van der Waals surface area contributed by atoms with Gasteiger partial charge in [-0.15, -0.1) is 0 Å². The summed E-state index contributed by atoms with van der Waals surface area (Å²) in [7, 11) is 33.8. The summed E-state index contributed by atoms with van der Waals surface area (Å²) in [5.41, 5.74) is 24.1. The van der Waals surface area contributed by atoms with Crippen molar-refractivity contribution < 1.29 is 0 Å². The molecule has 0 aliphatic heterocycles. The monoisotopic (exact) mass is 2680 g/mol. The molecule has 16 rings (SSSR count). The van der Waals surface area contributed by atoms with E-state index in [-0.39, 0.29) is 59.4 Å². The molecule has 0 radical (unpaired) electrons. The van der Waals surface area contributed by atoms with Crippen molar-refractivity contribution in [2.75, 3.05) is 159 Å². The van der Waals surface area contributed by atoms with E-state index >= 15 is 0 Å². The highest BCUT2D eigenvalue weighted by Crippen LogP contribution is 2.32. The van der Waals surface area contributed by atoms with Gasteiger partial charge >= 0.3 is 0 Å².